The Morgan fingerprint density at radius 1 is 1.53 bits per heavy atom. The fourth-order valence-electron chi connectivity index (χ4n) is 1.94. The van der Waals surface area contributed by atoms with Crippen molar-refractivity contribution in [3.63, 3.8) is 0 Å². The summed E-state index contributed by atoms with van der Waals surface area (Å²) in [4.78, 5) is 4.00. The molecular weight excluding hydrogens is 212 g/mol. The maximum atomic E-state index is 8.98. The average molecular weight is 226 g/mol. The number of nitrogens with zero attached hydrogens (tertiary/aromatic N) is 3. The number of nitriles is 1. The third-order valence-corrected chi connectivity index (χ3v) is 2.75. The zero-order valence-electron chi connectivity index (χ0n) is 9.67. The molecule has 4 heteroatoms. The largest absolute Gasteiger partial charge is 0.328 e. The van der Waals surface area contributed by atoms with E-state index in [0.717, 1.165) is 5.56 Å². The van der Waals surface area contributed by atoms with Gasteiger partial charge < -0.3 is 10.3 Å². The van der Waals surface area contributed by atoms with Crippen LogP contribution in [0.3, 0.4) is 0 Å². The summed E-state index contributed by atoms with van der Waals surface area (Å²) in [5, 5.41) is 8.98. The van der Waals surface area contributed by atoms with Gasteiger partial charge in [-0.25, -0.2) is 4.98 Å². The first kappa shape index (κ1) is 11.4. The second kappa shape index (κ2) is 4.81. The van der Waals surface area contributed by atoms with Crippen LogP contribution >= 0.6 is 0 Å². The van der Waals surface area contributed by atoms with Crippen molar-refractivity contribution in [3.8, 4) is 6.07 Å². The smallest absolute Gasteiger partial charge is 0.213 e. The lowest BCUT2D eigenvalue weighted by Crippen LogP contribution is -2.21. The van der Waals surface area contributed by atoms with E-state index in [9.17, 15) is 0 Å². The van der Waals surface area contributed by atoms with Crippen LogP contribution in [0.1, 0.15) is 23.0 Å². The van der Waals surface area contributed by atoms with E-state index < -0.39 is 0 Å². The standard InChI is InChI=1S/C13H14N4/c1-10-3-2-4-11(7-10)12(8-14)17-6-5-16-13(17)9-15/h2-7,12H,8,14H2,1H3. The number of hydrogen-bond donors (Lipinski definition) is 1. The van der Waals surface area contributed by atoms with E-state index in [1.54, 1.807) is 12.4 Å². The summed E-state index contributed by atoms with van der Waals surface area (Å²) in [7, 11) is 0. The van der Waals surface area contributed by atoms with Gasteiger partial charge in [0.05, 0.1) is 6.04 Å². The molecule has 0 bridgehead atoms. The maximum absolute atomic E-state index is 8.98. The van der Waals surface area contributed by atoms with Crippen LogP contribution < -0.4 is 5.73 Å². The molecule has 17 heavy (non-hydrogen) atoms. The molecule has 1 unspecified atom stereocenters. The van der Waals surface area contributed by atoms with Gasteiger partial charge in [-0.2, -0.15) is 5.26 Å². The second-order valence-electron chi connectivity index (χ2n) is 3.94. The van der Waals surface area contributed by atoms with Crippen LogP contribution in [0.5, 0.6) is 0 Å². The van der Waals surface area contributed by atoms with Gasteiger partial charge >= 0.3 is 0 Å². The lowest BCUT2D eigenvalue weighted by Gasteiger charge is -2.18. The van der Waals surface area contributed by atoms with Gasteiger partial charge in [-0.1, -0.05) is 29.8 Å². The molecule has 0 spiro atoms. The van der Waals surface area contributed by atoms with Crippen molar-refractivity contribution in [1.82, 2.24) is 9.55 Å². The van der Waals surface area contributed by atoms with Crippen LogP contribution in [0, 0.1) is 18.3 Å². The lowest BCUT2D eigenvalue weighted by molar-refractivity contribution is 0.587. The minimum absolute atomic E-state index is 0.0351. The van der Waals surface area contributed by atoms with Crippen molar-refractivity contribution < 1.29 is 0 Å². The van der Waals surface area contributed by atoms with Crippen molar-refractivity contribution in [2.24, 2.45) is 5.73 Å². The van der Waals surface area contributed by atoms with E-state index in [-0.39, 0.29) is 6.04 Å². The molecule has 0 aliphatic carbocycles. The van der Waals surface area contributed by atoms with Crippen molar-refractivity contribution in [2.45, 2.75) is 13.0 Å². The van der Waals surface area contributed by atoms with Crippen molar-refractivity contribution >= 4 is 0 Å². The summed E-state index contributed by atoms with van der Waals surface area (Å²) in [6, 6.07) is 10.2. The van der Waals surface area contributed by atoms with Gasteiger partial charge in [0, 0.05) is 18.9 Å². The fourth-order valence-corrected chi connectivity index (χ4v) is 1.94. The van der Waals surface area contributed by atoms with E-state index in [4.69, 9.17) is 11.0 Å². The predicted octanol–water partition coefficient (Wildman–Crippen LogP) is 1.61. The summed E-state index contributed by atoms with van der Waals surface area (Å²) in [5.41, 5.74) is 8.09. The van der Waals surface area contributed by atoms with Gasteiger partial charge in [0.15, 0.2) is 0 Å². The molecule has 86 valence electrons. The zero-order chi connectivity index (χ0) is 12.3. The molecule has 2 aromatic rings. The first-order chi connectivity index (χ1) is 8.26. The van der Waals surface area contributed by atoms with Gasteiger partial charge in [-0.05, 0) is 12.5 Å². The van der Waals surface area contributed by atoms with Crippen molar-refractivity contribution in [3.05, 3.63) is 53.6 Å². The van der Waals surface area contributed by atoms with Crippen LogP contribution in [0.2, 0.25) is 0 Å². The monoisotopic (exact) mass is 226 g/mol. The number of nitrogens with two attached hydrogens (primary N) is 1. The fraction of sp³-hybridized carbons (Fsp3) is 0.231. The predicted molar refractivity (Wildman–Crippen MR) is 65.3 cm³/mol. The zero-order valence-corrected chi connectivity index (χ0v) is 9.67. The number of aryl methyl sites for hydroxylation is 1. The maximum Gasteiger partial charge on any atom is 0.213 e. The second-order valence-corrected chi connectivity index (χ2v) is 3.94. The highest BCUT2D eigenvalue weighted by molar-refractivity contribution is 5.27. The molecule has 2 rings (SSSR count). The third kappa shape index (κ3) is 2.19. The molecule has 1 heterocycles. The number of imidazole rings is 1. The number of hydrogen-bond acceptors (Lipinski definition) is 3. The molecule has 0 radical (unpaired) electrons. The SMILES string of the molecule is Cc1cccc(C(CN)n2ccnc2C#N)c1. The van der Waals surface area contributed by atoms with Crippen LogP contribution in [-0.4, -0.2) is 16.1 Å². The van der Waals surface area contributed by atoms with Crippen LogP contribution in [0.25, 0.3) is 0 Å². The molecular formula is C13H14N4. The van der Waals surface area contributed by atoms with E-state index in [0.29, 0.717) is 12.4 Å². The highest BCUT2D eigenvalue weighted by Crippen LogP contribution is 2.19. The van der Waals surface area contributed by atoms with Crippen molar-refractivity contribution in [1.29, 1.82) is 5.26 Å². The Kier molecular flexibility index (Phi) is 3.22. The highest BCUT2D eigenvalue weighted by Gasteiger charge is 2.15. The van der Waals surface area contributed by atoms with Crippen molar-refractivity contribution in [2.75, 3.05) is 6.54 Å². The average Bonchev–Trinajstić information content (AvgIpc) is 2.78. The topological polar surface area (TPSA) is 67.6 Å². The Balaban J connectivity index is 2.44. The van der Waals surface area contributed by atoms with E-state index in [1.165, 1.54) is 5.56 Å². The summed E-state index contributed by atoms with van der Waals surface area (Å²) in [6.45, 7) is 2.48. The Bertz CT molecular complexity index is 551. The first-order valence-corrected chi connectivity index (χ1v) is 5.46. The van der Waals surface area contributed by atoms with E-state index in [2.05, 4.69) is 17.1 Å². The van der Waals surface area contributed by atoms with Gasteiger partial charge in [0.1, 0.15) is 6.07 Å². The molecule has 4 nitrogen and oxygen atoms in total. The van der Waals surface area contributed by atoms with Gasteiger partial charge in [0.2, 0.25) is 5.82 Å². The molecule has 0 aliphatic heterocycles. The van der Waals surface area contributed by atoms with E-state index in [1.807, 2.05) is 29.7 Å². The molecule has 0 saturated carbocycles. The number of benzene rings is 1. The molecule has 0 aliphatic rings. The molecule has 0 amide bonds. The summed E-state index contributed by atoms with van der Waals surface area (Å²) in [6.07, 6.45) is 3.41. The number of rotatable bonds is 3. The van der Waals surface area contributed by atoms with Crippen LogP contribution in [-0.2, 0) is 0 Å². The van der Waals surface area contributed by atoms with Gasteiger partial charge in [0.25, 0.3) is 0 Å². The summed E-state index contributed by atoms with van der Waals surface area (Å²) >= 11 is 0. The molecule has 1 atom stereocenters. The lowest BCUT2D eigenvalue weighted by atomic mass is 10.0. The molecule has 1 aromatic heterocycles. The Morgan fingerprint density at radius 2 is 2.35 bits per heavy atom. The van der Waals surface area contributed by atoms with Gasteiger partial charge in [-0.3, -0.25) is 0 Å². The molecule has 1 aromatic carbocycles. The van der Waals surface area contributed by atoms with E-state index >= 15 is 0 Å². The molecule has 0 fully saturated rings. The highest BCUT2D eigenvalue weighted by atomic mass is 15.1. The Hall–Kier alpha value is -2.12. The van der Waals surface area contributed by atoms with Crippen LogP contribution in [0.4, 0.5) is 0 Å². The normalized spacial score (nSPS) is 12.1. The third-order valence-electron chi connectivity index (χ3n) is 2.75. The first-order valence-electron chi connectivity index (χ1n) is 5.46. The molecule has 0 saturated heterocycles. The minimum Gasteiger partial charge on any atom is -0.328 e. The minimum atomic E-state index is -0.0351. The molecule has 2 N–H and O–H groups in total. The van der Waals surface area contributed by atoms with Gasteiger partial charge in [-0.15, -0.1) is 0 Å². The number of aromatic nitrogens is 2. The quantitative estimate of drug-likeness (QED) is 0.864. The Morgan fingerprint density at radius 3 is 3.00 bits per heavy atom. The summed E-state index contributed by atoms with van der Waals surface area (Å²) in [5.74, 6) is 0.391. The summed E-state index contributed by atoms with van der Waals surface area (Å²) < 4.78 is 1.81. The Labute approximate surface area is 100 Å². The van der Waals surface area contributed by atoms with Crippen LogP contribution in [0.15, 0.2) is 36.7 Å².